The van der Waals surface area contributed by atoms with E-state index in [0.29, 0.717) is 11.1 Å². The summed E-state index contributed by atoms with van der Waals surface area (Å²) in [6, 6.07) is 7.53. The molecule has 0 aliphatic rings. The standard InChI is InChI=1S/C16H17Br/c1-16(2,3)14-8-4-12(5-9-14)13-6-10-15(17)11-7-13/h4-11H,1-3H3/i6D,7D,10D,11D. The minimum absolute atomic E-state index is 0.0219. The molecule has 2 aromatic carbocycles. The van der Waals surface area contributed by atoms with Crippen molar-refractivity contribution in [1.82, 2.24) is 0 Å². The van der Waals surface area contributed by atoms with Crippen molar-refractivity contribution in [2.75, 3.05) is 0 Å². The van der Waals surface area contributed by atoms with Gasteiger partial charge in [-0.1, -0.05) is 73.1 Å². The molecular formula is C16H17Br. The summed E-state index contributed by atoms with van der Waals surface area (Å²) in [7, 11) is 0. The minimum Gasteiger partial charge on any atom is -0.0579 e. The third-order valence-electron chi connectivity index (χ3n) is 2.63. The van der Waals surface area contributed by atoms with E-state index in [-0.39, 0.29) is 34.1 Å². The summed E-state index contributed by atoms with van der Waals surface area (Å²) in [6.45, 7) is 6.37. The van der Waals surface area contributed by atoms with Gasteiger partial charge in [-0.2, -0.15) is 0 Å². The van der Waals surface area contributed by atoms with E-state index < -0.39 is 0 Å². The minimum atomic E-state index is -0.0501. The van der Waals surface area contributed by atoms with Crippen LogP contribution in [-0.2, 0) is 5.41 Å². The van der Waals surface area contributed by atoms with Crippen LogP contribution < -0.4 is 0 Å². The molecule has 0 N–H and O–H groups in total. The molecule has 0 atom stereocenters. The third-order valence-corrected chi connectivity index (χ3v) is 3.03. The van der Waals surface area contributed by atoms with E-state index in [4.69, 9.17) is 5.48 Å². The number of halogens is 1. The SMILES string of the molecule is [2H]c1c([2H])c(-c2ccc(C(C)(C)C)cc2)c([2H])c([2H])c1Br. The Morgan fingerprint density at radius 3 is 1.88 bits per heavy atom. The molecule has 2 aromatic rings. The lowest BCUT2D eigenvalue weighted by Gasteiger charge is -2.19. The lowest BCUT2D eigenvalue weighted by Crippen LogP contribution is -2.10. The van der Waals surface area contributed by atoms with Gasteiger partial charge in [-0.3, -0.25) is 0 Å². The van der Waals surface area contributed by atoms with Gasteiger partial charge in [-0.15, -0.1) is 0 Å². The molecule has 1 heteroatoms. The van der Waals surface area contributed by atoms with Crippen molar-refractivity contribution in [2.24, 2.45) is 0 Å². The van der Waals surface area contributed by atoms with Gasteiger partial charge in [0, 0.05) is 4.47 Å². The maximum atomic E-state index is 8.07. The summed E-state index contributed by atoms with van der Waals surface area (Å²) < 4.78 is 32.1. The van der Waals surface area contributed by atoms with Crippen LogP contribution in [-0.4, -0.2) is 0 Å². The molecule has 0 heterocycles. The fourth-order valence-electron chi connectivity index (χ4n) is 1.58. The van der Waals surface area contributed by atoms with Crippen molar-refractivity contribution < 1.29 is 5.48 Å². The first-order valence-corrected chi connectivity index (χ1v) is 6.30. The van der Waals surface area contributed by atoms with Crippen LogP contribution >= 0.6 is 15.9 Å². The van der Waals surface area contributed by atoms with Crippen LogP contribution in [0.2, 0.25) is 0 Å². The topological polar surface area (TPSA) is 0 Å². The molecule has 88 valence electrons. The quantitative estimate of drug-likeness (QED) is 0.659. The zero-order valence-electron chi connectivity index (χ0n) is 14.2. The first-order valence-electron chi connectivity index (χ1n) is 7.51. The highest BCUT2D eigenvalue weighted by Gasteiger charge is 2.12. The summed E-state index contributed by atoms with van der Waals surface area (Å²) >= 11 is 3.11. The van der Waals surface area contributed by atoms with Crippen molar-refractivity contribution in [3.63, 3.8) is 0 Å². The van der Waals surface area contributed by atoms with Crippen LogP contribution in [0.4, 0.5) is 0 Å². The van der Waals surface area contributed by atoms with E-state index in [0.717, 1.165) is 0 Å². The summed E-state index contributed by atoms with van der Waals surface area (Å²) in [6.07, 6.45) is 0. The molecule has 0 spiro atoms. The van der Waals surface area contributed by atoms with Crippen molar-refractivity contribution in [3.05, 3.63) is 58.5 Å². The predicted molar refractivity (Wildman–Crippen MR) is 78.3 cm³/mol. The number of benzene rings is 2. The van der Waals surface area contributed by atoms with Crippen LogP contribution in [0.1, 0.15) is 31.8 Å². The van der Waals surface area contributed by atoms with E-state index in [2.05, 4.69) is 36.7 Å². The average molecular weight is 293 g/mol. The second-order valence-corrected chi connectivity index (χ2v) is 5.81. The Morgan fingerprint density at radius 1 is 0.882 bits per heavy atom. The zero-order valence-corrected chi connectivity index (χ0v) is 11.8. The molecule has 0 nitrogen and oxygen atoms in total. The van der Waals surface area contributed by atoms with Crippen LogP contribution in [0, 0.1) is 0 Å². The van der Waals surface area contributed by atoms with E-state index in [1.807, 2.05) is 24.3 Å². The molecule has 0 saturated carbocycles. The number of hydrogen-bond acceptors (Lipinski definition) is 0. The Labute approximate surface area is 117 Å². The van der Waals surface area contributed by atoms with Crippen molar-refractivity contribution in [1.29, 1.82) is 0 Å². The number of hydrogen-bond donors (Lipinski definition) is 0. The van der Waals surface area contributed by atoms with Gasteiger partial charge < -0.3 is 0 Å². The molecule has 0 amide bonds. The van der Waals surface area contributed by atoms with Crippen molar-refractivity contribution in [2.45, 2.75) is 26.2 Å². The average Bonchev–Trinajstić information content (AvgIpc) is 2.43. The second-order valence-electron chi connectivity index (χ2n) is 5.02. The smallest absolute Gasteiger partial charge is 0.0579 e. The maximum absolute atomic E-state index is 8.07. The molecular weight excluding hydrogens is 272 g/mol. The fraction of sp³-hybridized carbons (Fsp3) is 0.250. The number of rotatable bonds is 1. The normalized spacial score (nSPS) is 14.8. The highest BCUT2D eigenvalue weighted by atomic mass is 79.9. The van der Waals surface area contributed by atoms with Gasteiger partial charge in [0.1, 0.15) is 0 Å². The molecule has 0 aromatic heterocycles. The fourth-order valence-corrected chi connectivity index (χ4v) is 1.78. The summed E-state index contributed by atoms with van der Waals surface area (Å²) in [5.74, 6) is 0. The highest BCUT2D eigenvalue weighted by Crippen LogP contribution is 2.26. The molecule has 2 rings (SSSR count). The van der Waals surface area contributed by atoms with E-state index >= 15 is 0 Å². The summed E-state index contributed by atoms with van der Waals surface area (Å²) in [5.41, 5.74) is 2.24. The largest absolute Gasteiger partial charge is 0.0635 e. The molecule has 17 heavy (non-hydrogen) atoms. The van der Waals surface area contributed by atoms with Crippen LogP contribution in [0.5, 0.6) is 0 Å². The molecule has 0 radical (unpaired) electrons. The van der Waals surface area contributed by atoms with Gasteiger partial charge in [0.05, 0.1) is 5.48 Å². The molecule has 0 aliphatic heterocycles. The van der Waals surface area contributed by atoms with Gasteiger partial charge in [0.2, 0.25) is 0 Å². The van der Waals surface area contributed by atoms with Gasteiger partial charge in [-0.25, -0.2) is 0 Å². The zero-order chi connectivity index (χ0) is 15.9. The monoisotopic (exact) mass is 292 g/mol. The van der Waals surface area contributed by atoms with E-state index in [1.54, 1.807) is 0 Å². The van der Waals surface area contributed by atoms with Crippen LogP contribution in [0.25, 0.3) is 11.1 Å². The first-order chi connectivity index (χ1) is 9.64. The van der Waals surface area contributed by atoms with E-state index in [9.17, 15) is 0 Å². The highest BCUT2D eigenvalue weighted by molar-refractivity contribution is 9.10. The molecule has 0 aliphatic carbocycles. The van der Waals surface area contributed by atoms with Crippen LogP contribution in [0.15, 0.2) is 52.9 Å². The molecule has 0 fully saturated rings. The molecule has 0 saturated heterocycles. The Balaban J connectivity index is 2.63. The van der Waals surface area contributed by atoms with Crippen LogP contribution in [0.3, 0.4) is 0 Å². The Morgan fingerprint density at radius 2 is 1.41 bits per heavy atom. The Kier molecular flexibility index (Phi) is 2.22. The Bertz CT molecular complexity index is 656. The van der Waals surface area contributed by atoms with Gasteiger partial charge in [0.15, 0.2) is 0 Å². The lowest BCUT2D eigenvalue weighted by molar-refractivity contribution is 0.590. The van der Waals surface area contributed by atoms with E-state index in [1.165, 1.54) is 5.56 Å². The second kappa shape index (κ2) is 4.66. The summed E-state index contributed by atoms with van der Waals surface area (Å²) in [4.78, 5) is 0. The Hall–Kier alpha value is -1.08. The predicted octanol–water partition coefficient (Wildman–Crippen LogP) is 5.41. The lowest BCUT2D eigenvalue weighted by atomic mass is 9.86. The maximum Gasteiger partial charge on any atom is 0.0635 e. The first kappa shape index (κ1) is 8.10. The van der Waals surface area contributed by atoms with Gasteiger partial charge >= 0.3 is 0 Å². The molecule has 0 unspecified atom stereocenters. The van der Waals surface area contributed by atoms with Gasteiger partial charge in [-0.05, 0) is 34.2 Å². The van der Waals surface area contributed by atoms with Crippen molar-refractivity contribution >= 4 is 15.9 Å². The van der Waals surface area contributed by atoms with Gasteiger partial charge in [0.25, 0.3) is 0 Å². The third kappa shape index (κ3) is 2.98. The molecule has 0 bridgehead atoms. The van der Waals surface area contributed by atoms with Crippen molar-refractivity contribution in [3.8, 4) is 11.1 Å². The summed E-state index contributed by atoms with van der Waals surface area (Å²) in [5, 5.41) is 0.